The number of nitrogens with zero attached hydrogens (tertiary/aromatic N) is 2. The first-order valence-corrected chi connectivity index (χ1v) is 7.90. The van der Waals surface area contributed by atoms with E-state index in [1.165, 1.54) is 5.56 Å². The Morgan fingerprint density at radius 3 is 2.36 bits per heavy atom. The third-order valence-corrected chi connectivity index (χ3v) is 3.77. The van der Waals surface area contributed by atoms with Gasteiger partial charge in [0.1, 0.15) is 5.75 Å². The van der Waals surface area contributed by atoms with Gasteiger partial charge in [0, 0.05) is 5.56 Å². The summed E-state index contributed by atoms with van der Waals surface area (Å²) in [6.07, 6.45) is -0.357. The van der Waals surface area contributed by atoms with E-state index in [-0.39, 0.29) is 6.10 Å². The van der Waals surface area contributed by atoms with E-state index in [9.17, 15) is 0 Å². The molecule has 0 saturated carbocycles. The largest absolute Gasteiger partial charge is 0.493 e. The Morgan fingerprint density at radius 2 is 1.68 bits per heavy atom. The zero-order valence-electron chi connectivity index (χ0n) is 14.6. The molecule has 1 atom stereocenters. The molecule has 0 amide bonds. The van der Waals surface area contributed by atoms with Crippen molar-refractivity contribution in [2.45, 2.75) is 20.0 Å². The van der Waals surface area contributed by atoms with Crippen LogP contribution >= 0.6 is 0 Å². The van der Waals surface area contributed by atoms with Gasteiger partial charge in [-0.2, -0.15) is 4.98 Å². The predicted octanol–water partition coefficient (Wildman–Crippen LogP) is 4.20. The lowest BCUT2D eigenvalue weighted by atomic mass is 10.2. The first-order valence-electron chi connectivity index (χ1n) is 7.90. The Labute approximate surface area is 146 Å². The molecule has 0 saturated heterocycles. The van der Waals surface area contributed by atoms with E-state index >= 15 is 0 Å². The summed E-state index contributed by atoms with van der Waals surface area (Å²) < 4.78 is 21.7. The van der Waals surface area contributed by atoms with Crippen molar-refractivity contribution in [3.8, 4) is 28.6 Å². The summed E-state index contributed by atoms with van der Waals surface area (Å²) in [6, 6.07) is 13.3. The maximum atomic E-state index is 5.85. The van der Waals surface area contributed by atoms with Crippen LogP contribution in [0.1, 0.15) is 24.5 Å². The molecule has 2 aromatic carbocycles. The number of methoxy groups -OCH3 is 2. The van der Waals surface area contributed by atoms with Crippen LogP contribution in [0, 0.1) is 6.92 Å². The van der Waals surface area contributed by atoms with Crippen LogP contribution in [0.2, 0.25) is 0 Å². The first kappa shape index (κ1) is 16.8. The molecule has 130 valence electrons. The monoisotopic (exact) mass is 340 g/mol. The summed E-state index contributed by atoms with van der Waals surface area (Å²) in [7, 11) is 3.18. The van der Waals surface area contributed by atoms with Crippen molar-refractivity contribution in [1.29, 1.82) is 0 Å². The van der Waals surface area contributed by atoms with Crippen molar-refractivity contribution in [3.05, 3.63) is 53.9 Å². The Bertz CT molecular complexity index is 843. The Kier molecular flexibility index (Phi) is 4.88. The molecular weight excluding hydrogens is 320 g/mol. The number of aryl methyl sites for hydroxylation is 1. The maximum absolute atomic E-state index is 5.85. The summed E-state index contributed by atoms with van der Waals surface area (Å²) >= 11 is 0. The number of hydrogen-bond acceptors (Lipinski definition) is 6. The number of benzene rings is 2. The van der Waals surface area contributed by atoms with Crippen molar-refractivity contribution >= 4 is 0 Å². The highest BCUT2D eigenvalue weighted by Gasteiger charge is 2.18. The lowest BCUT2D eigenvalue weighted by Crippen LogP contribution is -2.03. The Hall–Kier alpha value is -3.02. The zero-order valence-corrected chi connectivity index (χ0v) is 14.6. The van der Waals surface area contributed by atoms with Gasteiger partial charge in [-0.3, -0.25) is 0 Å². The Morgan fingerprint density at radius 1 is 0.960 bits per heavy atom. The molecule has 0 aliphatic heterocycles. The van der Waals surface area contributed by atoms with Crippen LogP contribution < -0.4 is 14.2 Å². The molecule has 0 unspecified atom stereocenters. The molecule has 6 heteroatoms. The maximum Gasteiger partial charge on any atom is 0.267 e. The second-order valence-corrected chi connectivity index (χ2v) is 5.60. The van der Waals surface area contributed by atoms with Gasteiger partial charge in [-0.1, -0.05) is 22.9 Å². The fourth-order valence-corrected chi connectivity index (χ4v) is 2.36. The van der Waals surface area contributed by atoms with Crippen molar-refractivity contribution in [2.75, 3.05) is 14.2 Å². The highest BCUT2D eigenvalue weighted by molar-refractivity contribution is 5.60. The minimum absolute atomic E-state index is 0.357. The van der Waals surface area contributed by atoms with Crippen molar-refractivity contribution in [2.24, 2.45) is 0 Å². The van der Waals surface area contributed by atoms with Crippen molar-refractivity contribution < 1.29 is 18.7 Å². The summed E-state index contributed by atoms with van der Waals surface area (Å²) in [5.74, 6) is 2.88. The molecule has 0 bridgehead atoms. The average Bonchev–Trinajstić information content (AvgIpc) is 3.13. The second-order valence-electron chi connectivity index (χ2n) is 5.60. The lowest BCUT2D eigenvalue weighted by molar-refractivity contribution is 0.176. The molecule has 0 N–H and O–H groups in total. The molecule has 1 aromatic heterocycles. The van der Waals surface area contributed by atoms with Crippen LogP contribution in [0.5, 0.6) is 17.2 Å². The molecule has 6 nitrogen and oxygen atoms in total. The molecule has 25 heavy (non-hydrogen) atoms. The molecule has 0 radical (unpaired) electrons. The topological polar surface area (TPSA) is 66.6 Å². The molecule has 0 spiro atoms. The normalized spacial score (nSPS) is 11.8. The molecule has 1 heterocycles. The smallest absolute Gasteiger partial charge is 0.267 e. The van der Waals surface area contributed by atoms with Gasteiger partial charge in [0.15, 0.2) is 17.6 Å². The molecular formula is C19H20N2O4. The van der Waals surface area contributed by atoms with Crippen molar-refractivity contribution in [3.63, 3.8) is 0 Å². The van der Waals surface area contributed by atoms with E-state index in [4.69, 9.17) is 18.7 Å². The Balaban J connectivity index is 1.78. The van der Waals surface area contributed by atoms with Gasteiger partial charge in [0.25, 0.3) is 5.89 Å². The third kappa shape index (κ3) is 3.74. The fourth-order valence-electron chi connectivity index (χ4n) is 2.36. The van der Waals surface area contributed by atoms with Crippen LogP contribution in [-0.2, 0) is 0 Å². The number of ether oxygens (including phenoxy) is 3. The summed E-state index contributed by atoms with van der Waals surface area (Å²) in [6.45, 7) is 3.90. The minimum atomic E-state index is -0.357. The van der Waals surface area contributed by atoms with Gasteiger partial charge in [-0.15, -0.1) is 0 Å². The van der Waals surface area contributed by atoms with Crippen LogP contribution in [-0.4, -0.2) is 24.4 Å². The van der Waals surface area contributed by atoms with Crippen molar-refractivity contribution in [1.82, 2.24) is 10.1 Å². The number of rotatable bonds is 6. The third-order valence-electron chi connectivity index (χ3n) is 3.77. The fraction of sp³-hybridized carbons (Fsp3) is 0.263. The minimum Gasteiger partial charge on any atom is -0.493 e. The number of aromatic nitrogens is 2. The molecule has 0 aliphatic rings. The van der Waals surface area contributed by atoms with Gasteiger partial charge in [-0.05, 0) is 44.2 Å². The van der Waals surface area contributed by atoms with Gasteiger partial charge < -0.3 is 18.7 Å². The van der Waals surface area contributed by atoms with Crippen LogP contribution in [0.25, 0.3) is 11.4 Å². The zero-order chi connectivity index (χ0) is 17.8. The molecule has 0 aliphatic carbocycles. The van der Waals surface area contributed by atoms with E-state index in [2.05, 4.69) is 10.1 Å². The predicted molar refractivity (Wildman–Crippen MR) is 93.1 cm³/mol. The summed E-state index contributed by atoms with van der Waals surface area (Å²) in [5.41, 5.74) is 1.95. The summed E-state index contributed by atoms with van der Waals surface area (Å²) in [4.78, 5) is 4.43. The molecule has 0 fully saturated rings. The van der Waals surface area contributed by atoms with Crippen LogP contribution in [0.4, 0.5) is 0 Å². The second kappa shape index (κ2) is 7.25. The van der Waals surface area contributed by atoms with E-state index < -0.39 is 0 Å². The first-order chi connectivity index (χ1) is 12.1. The highest BCUT2D eigenvalue weighted by atomic mass is 16.5. The standard InChI is InChI=1S/C19H20N2O4/c1-12-5-8-15(9-6-12)24-13(2)19-20-18(21-25-19)14-7-10-16(22-3)17(11-14)23-4/h5-11,13H,1-4H3/t13-/m0/s1. The summed E-state index contributed by atoms with van der Waals surface area (Å²) in [5, 5.41) is 4.03. The van der Waals surface area contributed by atoms with Gasteiger partial charge in [-0.25, -0.2) is 0 Å². The van der Waals surface area contributed by atoms with Crippen LogP contribution in [0.15, 0.2) is 47.0 Å². The SMILES string of the molecule is COc1ccc(-c2noc([C@H](C)Oc3ccc(C)cc3)n2)cc1OC. The number of hydrogen-bond donors (Lipinski definition) is 0. The van der Waals surface area contributed by atoms with E-state index in [1.807, 2.05) is 44.2 Å². The molecule has 3 rings (SSSR count). The lowest BCUT2D eigenvalue weighted by Gasteiger charge is -2.10. The van der Waals surface area contributed by atoms with Gasteiger partial charge in [0.2, 0.25) is 5.82 Å². The van der Waals surface area contributed by atoms with Gasteiger partial charge in [0.05, 0.1) is 14.2 Å². The average molecular weight is 340 g/mol. The highest BCUT2D eigenvalue weighted by Crippen LogP contribution is 2.31. The van der Waals surface area contributed by atoms with Gasteiger partial charge >= 0.3 is 0 Å². The van der Waals surface area contributed by atoms with E-state index in [1.54, 1.807) is 26.4 Å². The quantitative estimate of drug-likeness (QED) is 0.670. The van der Waals surface area contributed by atoms with E-state index in [0.717, 1.165) is 11.3 Å². The van der Waals surface area contributed by atoms with E-state index in [0.29, 0.717) is 23.2 Å². The molecule has 3 aromatic rings. The van der Waals surface area contributed by atoms with Crippen LogP contribution in [0.3, 0.4) is 0 Å².